The third kappa shape index (κ3) is 4.71. The second kappa shape index (κ2) is 9.48. The number of anilines is 3. The lowest BCUT2D eigenvalue weighted by atomic mass is 10.2. The van der Waals surface area contributed by atoms with Crippen molar-refractivity contribution < 1.29 is 14.6 Å². The molecule has 0 aliphatic carbocycles. The highest BCUT2D eigenvalue weighted by molar-refractivity contribution is 5.90. The summed E-state index contributed by atoms with van der Waals surface area (Å²) >= 11 is 0. The second-order valence-electron chi connectivity index (χ2n) is 7.59. The Morgan fingerprint density at radius 1 is 1.00 bits per heavy atom. The minimum Gasteiger partial charge on any atom is -0.508 e. The normalized spacial score (nSPS) is 10.8. The Morgan fingerprint density at radius 3 is 2.66 bits per heavy atom. The zero-order valence-electron chi connectivity index (χ0n) is 18.7. The van der Waals surface area contributed by atoms with Crippen LogP contribution < -0.4 is 10.6 Å². The van der Waals surface area contributed by atoms with Crippen LogP contribution in [0, 0.1) is 0 Å². The number of nitrogens with one attached hydrogen (secondary N) is 2. The first-order chi connectivity index (χ1) is 17.1. The molecule has 0 radical (unpaired) electrons. The molecule has 0 fully saturated rings. The summed E-state index contributed by atoms with van der Waals surface area (Å²) < 4.78 is 6.60. The van der Waals surface area contributed by atoms with Gasteiger partial charge >= 0.3 is 5.97 Å². The maximum Gasteiger partial charge on any atom is 0.337 e. The van der Waals surface area contributed by atoms with Gasteiger partial charge in [-0.15, -0.1) is 0 Å². The molecule has 0 aliphatic heterocycles. The smallest absolute Gasteiger partial charge is 0.337 e. The van der Waals surface area contributed by atoms with Gasteiger partial charge in [-0.3, -0.25) is 0 Å². The van der Waals surface area contributed by atoms with Gasteiger partial charge < -0.3 is 20.5 Å². The van der Waals surface area contributed by atoms with E-state index in [2.05, 4.69) is 25.6 Å². The minimum absolute atomic E-state index is 0.211. The number of para-hydroxylation sites is 2. The standard InChI is InChI=1S/C25H21N7O3/c1-35-22(34)17-5-4-6-18(13-17)29-23-27-15-28-25(31-23)32-21-8-3-2-7-20(21)30-24(32)26-14-16-9-11-19(33)12-10-16/h2-13,15,33H,14H2,1H3,(H,26,30)(H,27,28,29,31). The SMILES string of the molecule is COC(=O)c1cccc(Nc2ncnc(-n3c(NCc4ccc(O)cc4)nc4ccccc43)n2)c1. The quantitative estimate of drug-likeness (QED) is 0.304. The van der Waals surface area contributed by atoms with E-state index in [0.29, 0.717) is 35.6 Å². The van der Waals surface area contributed by atoms with Gasteiger partial charge in [0.2, 0.25) is 17.8 Å². The van der Waals surface area contributed by atoms with Crippen LogP contribution in [0.3, 0.4) is 0 Å². The summed E-state index contributed by atoms with van der Waals surface area (Å²) in [5, 5.41) is 16.0. The highest BCUT2D eigenvalue weighted by atomic mass is 16.5. The van der Waals surface area contributed by atoms with Crippen LogP contribution in [0.5, 0.6) is 5.75 Å². The van der Waals surface area contributed by atoms with E-state index in [4.69, 9.17) is 9.72 Å². The number of carbonyl (C=O) groups excluding carboxylic acids is 1. The van der Waals surface area contributed by atoms with Gasteiger partial charge in [0, 0.05) is 12.2 Å². The Labute approximate surface area is 200 Å². The molecular weight excluding hydrogens is 446 g/mol. The molecule has 2 aromatic heterocycles. The molecule has 3 N–H and O–H groups in total. The van der Waals surface area contributed by atoms with Crippen molar-refractivity contribution in [2.75, 3.05) is 17.7 Å². The number of phenols is 1. The molecule has 0 aliphatic rings. The molecule has 0 spiro atoms. The van der Waals surface area contributed by atoms with Crippen molar-refractivity contribution in [3.05, 3.63) is 90.3 Å². The number of hydrogen-bond acceptors (Lipinski definition) is 9. The first-order valence-electron chi connectivity index (χ1n) is 10.7. The number of esters is 1. The van der Waals surface area contributed by atoms with Crippen molar-refractivity contribution in [3.8, 4) is 11.7 Å². The average molecular weight is 467 g/mol. The van der Waals surface area contributed by atoms with Crippen molar-refractivity contribution in [3.63, 3.8) is 0 Å². The largest absolute Gasteiger partial charge is 0.508 e. The summed E-state index contributed by atoms with van der Waals surface area (Å²) in [7, 11) is 1.34. The number of ether oxygens (including phenoxy) is 1. The lowest BCUT2D eigenvalue weighted by Crippen LogP contribution is -2.10. The number of hydrogen-bond donors (Lipinski definition) is 3. The van der Waals surface area contributed by atoms with Gasteiger partial charge in [-0.2, -0.15) is 4.98 Å². The number of aromatic nitrogens is 5. The van der Waals surface area contributed by atoms with Crippen LogP contribution in [0.25, 0.3) is 17.0 Å². The number of rotatable bonds is 7. The van der Waals surface area contributed by atoms with Crippen molar-refractivity contribution in [1.29, 1.82) is 0 Å². The zero-order valence-corrected chi connectivity index (χ0v) is 18.7. The molecule has 0 atom stereocenters. The Balaban J connectivity index is 1.47. The summed E-state index contributed by atoms with van der Waals surface area (Å²) in [4.78, 5) is 29.7. The fraction of sp³-hybridized carbons (Fsp3) is 0.0800. The molecule has 0 bridgehead atoms. The van der Waals surface area contributed by atoms with Gasteiger partial charge in [-0.05, 0) is 48.0 Å². The van der Waals surface area contributed by atoms with Crippen LogP contribution >= 0.6 is 0 Å². The van der Waals surface area contributed by atoms with Gasteiger partial charge in [0.1, 0.15) is 12.1 Å². The van der Waals surface area contributed by atoms with E-state index in [9.17, 15) is 9.90 Å². The highest BCUT2D eigenvalue weighted by Gasteiger charge is 2.15. The Morgan fingerprint density at radius 2 is 1.83 bits per heavy atom. The molecule has 174 valence electrons. The average Bonchev–Trinajstić information content (AvgIpc) is 3.26. The van der Waals surface area contributed by atoms with Gasteiger partial charge in [-0.1, -0.05) is 30.3 Å². The fourth-order valence-electron chi connectivity index (χ4n) is 3.57. The minimum atomic E-state index is -0.431. The summed E-state index contributed by atoms with van der Waals surface area (Å²) in [6, 6.07) is 21.5. The number of fused-ring (bicyclic) bond motifs is 1. The van der Waals surface area contributed by atoms with E-state index in [1.54, 1.807) is 36.4 Å². The van der Waals surface area contributed by atoms with Crippen LogP contribution in [-0.4, -0.2) is 42.7 Å². The highest BCUT2D eigenvalue weighted by Crippen LogP contribution is 2.24. The van der Waals surface area contributed by atoms with Crippen molar-refractivity contribution in [2.45, 2.75) is 6.54 Å². The summed E-state index contributed by atoms with van der Waals surface area (Å²) in [5.41, 5.74) is 3.62. The van der Waals surface area contributed by atoms with E-state index in [-0.39, 0.29) is 5.75 Å². The fourth-order valence-corrected chi connectivity index (χ4v) is 3.57. The number of phenolic OH excluding ortho intramolecular Hbond substituents is 1. The molecule has 0 saturated carbocycles. The number of methoxy groups -OCH3 is 1. The number of carbonyl (C=O) groups is 1. The molecule has 3 aromatic carbocycles. The predicted molar refractivity (Wildman–Crippen MR) is 131 cm³/mol. The number of benzene rings is 3. The summed E-state index contributed by atoms with van der Waals surface area (Å²) in [6.07, 6.45) is 1.41. The van der Waals surface area contributed by atoms with E-state index in [1.165, 1.54) is 13.4 Å². The molecule has 0 unspecified atom stereocenters. The van der Waals surface area contributed by atoms with Crippen LogP contribution in [0.4, 0.5) is 17.6 Å². The molecular formula is C25H21N7O3. The van der Waals surface area contributed by atoms with Gasteiger partial charge in [0.15, 0.2) is 0 Å². The Kier molecular flexibility index (Phi) is 5.91. The molecule has 35 heavy (non-hydrogen) atoms. The monoisotopic (exact) mass is 467 g/mol. The van der Waals surface area contributed by atoms with Gasteiger partial charge in [-0.25, -0.2) is 24.3 Å². The lowest BCUT2D eigenvalue weighted by Gasteiger charge is -2.11. The van der Waals surface area contributed by atoms with E-state index >= 15 is 0 Å². The first-order valence-corrected chi connectivity index (χ1v) is 10.7. The first kappa shape index (κ1) is 21.8. The Hall–Kier alpha value is -4.99. The number of imidazole rings is 1. The van der Waals surface area contributed by atoms with Crippen LogP contribution in [0.15, 0.2) is 79.1 Å². The summed E-state index contributed by atoms with van der Waals surface area (Å²) in [5.74, 6) is 1.01. The van der Waals surface area contributed by atoms with Crippen LogP contribution in [-0.2, 0) is 11.3 Å². The van der Waals surface area contributed by atoms with Crippen LogP contribution in [0.2, 0.25) is 0 Å². The molecule has 5 aromatic rings. The molecule has 0 saturated heterocycles. The number of aromatic hydroxyl groups is 1. The van der Waals surface area contributed by atoms with E-state index in [1.807, 2.05) is 41.0 Å². The van der Waals surface area contributed by atoms with Crippen molar-refractivity contribution in [2.24, 2.45) is 0 Å². The van der Waals surface area contributed by atoms with E-state index in [0.717, 1.165) is 16.6 Å². The third-order valence-corrected chi connectivity index (χ3v) is 5.25. The topological polar surface area (TPSA) is 127 Å². The van der Waals surface area contributed by atoms with Gasteiger partial charge in [0.25, 0.3) is 0 Å². The Bertz CT molecular complexity index is 1500. The predicted octanol–water partition coefficient (Wildman–Crippen LogP) is 4.06. The van der Waals surface area contributed by atoms with Crippen molar-refractivity contribution in [1.82, 2.24) is 24.5 Å². The number of nitrogens with zero attached hydrogens (tertiary/aromatic N) is 5. The van der Waals surface area contributed by atoms with Crippen molar-refractivity contribution >= 4 is 34.6 Å². The summed E-state index contributed by atoms with van der Waals surface area (Å²) in [6.45, 7) is 0.486. The van der Waals surface area contributed by atoms with Crippen LogP contribution in [0.1, 0.15) is 15.9 Å². The molecule has 2 heterocycles. The maximum atomic E-state index is 11.8. The zero-order chi connectivity index (χ0) is 24.2. The molecule has 5 rings (SSSR count). The lowest BCUT2D eigenvalue weighted by molar-refractivity contribution is 0.0601. The second-order valence-corrected chi connectivity index (χ2v) is 7.59. The third-order valence-electron chi connectivity index (χ3n) is 5.25. The van der Waals surface area contributed by atoms with E-state index < -0.39 is 5.97 Å². The van der Waals surface area contributed by atoms with Gasteiger partial charge in [0.05, 0.1) is 23.7 Å². The maximum absolute atomic E-state index is 11.8. The molecule has 0 amide bonds. The molecule has 10 heteroatoms. The molecule has 10 nitrogen and oxygen atoms in total.